The average Bonchev–Trinajstić information content (AvgIpc) is 2.93. The Morgan fingerprint density at radius 3 is 2.37 bits per heavy atom. The van der Waals surface area contributed by atoms with Crippen LogP contribution in [-0.4, -0.2) is 12.5 Å². The van der Waals surface area contributed by atoms with Gasteiger partial charge in [-0.15, -0.1) is 0 Å². The summed E-state index contributed by atoms with van der Waals surface area (Å²) in [7, 11) is 0. The second-order valence-electron chi connectivity index (χ2n) is 9.37. The van der Waals surface area contributed by atoms with Crippen molar-refractivity contribution in [2.45, 2.75) is 46.3 Å². The Hall–Kier alpha value is -4.12. The molecule has 0 atom stereocenters. The lowest BCUT2D eigenvalue weighted by molar-refractivity contribution is -0.118. The number of nitrogens with one attached hydrogen (secondary N) is 1. The third-order valence-electron chi connectivity index (χ3n) is 6.52. The van der Waals surface area contributed by atoms with Crippen LogP contribution < -0.4 is 14.8 Å². The highest BCUT2D eigenvalue weighted by atomic mass is 19.1. The molecular weight excluding hydrogens is 477 g/mol. The highest BCUT2D eigenvalue weighted by Crippen LogP contribution is 2.30. The summed E-state index contributed by atoms with van der Waals surface area (Å²) in [5.74, 6) is 1.20. The van der Waals surface area contributed by atoms with Crippen molar-refractivity contribution in [3.05, 3.63) is 119 Å². The Bertz CT molecular complexity index is 1340. The molecule has 0 aromatic heterocycles. The third-order valence-corrected chi connectivity index (χ3v) is 6.52. The van der Waals surface area contributed by atoms with E-state index in [0.717, 1.165) is 47.5 Å². The Morgan fingerprint density at radius 1 is 0.816 bits per heavy atom. The SMILES string of the molecule is CC(=O)NCCCCc1ccc(OCc2cccc(-c3ccccc3)c2C)cc1OCc1ccc(F)cc1. The van der Waals surface area contributed by atoms with Crippen molar-refractivity contribution in [2.24, 2.45) is 0 Å². The number of carbonyl (C=O) groups excluding carboxylic acids is 1. The van der Waals surface area contributed by atoms with Crippen LogP contribution >= 0.6 is 0 Å². The summed E-state index contributed by atoms with van der Waals surface area (Å²) in [5.41, 5.74) is 6.67. The van der Waals surface area contributed by atoms with Crippen molar-refractivity contribution < 1.29 is 18.7 Å². The van der Waals surface area contributed by atoms with Crippen LogP contribution in [0.15, 0.2) is 91.0 Å². The molecule has 0 unspecified atom stereocenters. The minimum Gasteiger partial charge on any atom is -0.489 e. The van der Waals surface area contributed by atoms with Gasteiger partial charge in [0.05, 0.1) is 0 Å². The second-order valence-corrected chi connectivity index (χ2v) is 9.37. The number of amides is 1. The van der Waals surface area contributed by atoms with Gasteiger partial charge in [0, 0.05) is 19.5 Å². The van der Waals surface area contributed by atoms with E-state index in [1.54, 1.807) is 12.1 Å². The first-order chi connectivity index (χ1) is 18.5. The molecule has 0 heterocycles. The van der Waals surface area contributed by atoms with Gasteiger partial charge in [0.2, 0.25) is 5.91 Å². The minimum atomic E-state index is -0.268. The van der Waals surface area contributed by atoms with Crippen LogP contribution in [0.3, 0.4) is 0 Å². The molecule has 1 amide bonds. The molecule has 0 aliphatic heterocycles. The highest BCUT2D eigenvalue weighted by molar-refractivity contribution is 5.72. The molecule has 4 aromatic rings. The van der Waals surface area contributed by atoms with Crippen molar-refractivity contribution in [3.8, 4) is 22.6 Å². The smallest absolute Gasteiger partial charge is 0.216 e. The van der Waals surface area contributed by atoms with Crippen molar-refractivity contribution >= 4 is 5.91 Å². The molecule has 0 bridgehead atoms. The van der Waals surface area contributed by atoms with E-state index >= 15 is 0 Å². The standard InChI is InChI=1S/C33H34FNO3/c1-24-29(12-8-13-32(24)27-9-4-3-5-10-27)23-37-31-19-16-28(11-6-7-20-35-25(2)36)33(21-31)38-22-26-14-17-30(34)18-15-26/h3-5,8-10,12-19,21H,6-7,11,20,22-23H2,1-2H3,(H,35,36). The first-order valence-corrected chi connectivity index (χ1v) is 13.0. The van der Waals surface area contributed by atoms with Crippen molar-refractivity contribution in [2.75, 3.05) is 6.54 Å². The van der Waals surface area contributed by atoms with E-state index in [-0.39, 0.29) is 11.7 Å². The molecule has 4 aromatic carbocycles. The van der Waals surface area contributed by atoms with Gasteiger partial charge in [-0.1, -0.05) is 66.7 Å². The van der Waals surface area contributed by atoms with Crippen molar-refractivity contribution in [1.29, 1.82) is 0 Å². The summed E-state index contributed by atoms with van der Waals surface area (Å²) in [4.78, 5) is 11.1. The molecule has 196 valence electrons. The summed E-state index contributed by atoms with van der Waals surface area (Å²) in [6.45, 7) is 5.09. The number of rotatable bonds is 12. The number of halogens is 1. The van der Waals surface area contributed by atoms with E-state index in [1.165, 1.54) is 35.7 Å². The van der Waals surface area contributed by atoms with Gasteiger partial charge in [-0.25, -0.2) is 4.39 Å². The molecule has 0 saturated heterocycles. The van der Waals surface area contributed by atoms with Gasteiger partial charge in [-0.05, 0) is 77.8 Å². The molecule has 5 heteroatoms. The Labute approximate surface area is 224 Å². The number of ether oxygens (including phenoxy) is 2. The zero-order valence-electron chi connectivity index (χ0n) is 22.0. The quantitative estimate of drug-likeness (QED) is 0.201. The zero-order valence-corrected chi connectivity index (χ0v) is 22.0. The topological polar surface area (TPSA) is 47.6 Å². The van der Waals surface area contributed by atoms with Crippen LogP contribution in [0.25, 0.3) is 11.1 Å². The Balaban J connectivity index is 1.46. The fraction of sp³-hybridized carbons (Fsp3) is 0.242. The van der Waals surface area contributed by atoms with Gasteiger partial charge in [0.1, 0.15) is 30.5 Å². The molecule has 0 spiro atoms. The van der Waals surface area contributed by atoms with Gasteiger partial charge in [0.15, 0.2) is 0 Å². The maximum atomic E-state index is 13.3. The van der Waals surface area contributed by atoms with Crippen LogP contribution in [0, 0.1) is 12.7 Å². The van der Waals surface area contributed by atoms with Crippen LogP contribution in [0.5, 0.6) is 11.5 Å². The lowest BCUT2D eigenvalue weighted by Crippen LogP contribution is -2.20. The first-order valence-electron chi connectivity index (χ1n) is 13.0. The van der Waals surface area contributed by atoms with Crippen LogP contribution in [0.1, 0.15) is 42.0 Å². The van der Waals surface area contributed by atoms with E-state index in [1.807, 2.05) is 36.4 Å². The molecule has 0 saturated carbocycles. The Kier molecular flexibility index (Phi) is 9.52. The second kappa shape index (κ2) is 13.4. The molecule has 0 radical (unpaired) electrons. The summed E-state index contributed by atoms with van der Waals surface area (Å²) < 4.78 is 25.7. The van der Waals surface area contributed by atoms with Crippen LogP contribution in [0.4, 0.5) is 4.39 Å². The van der Waals surface area contributed by atoms with E-state index in [0.29, 0.717) is 19.8 Å². The molecule has 4 rings (SSSR count). The molecular formula is C33H34FNO3. The van der Waals surface area contributed by atoms with E-state index in [9.17, 15) is 9.18 Å². The van der Waals surface area contributed by atoms with Gasteiger partial charge >= 0.3 is 0 Å². The number of hydrogen-bond donors (Lipinski definition) is 1. The monoisotopic (exact) mass is 511 g/mol. The third kappa shape index (κ3) is 7.69. The van der Waals surface area contributed by atoms with Gasteiger partial charge < -0.3 is 14.8 Å². The number of unbranched alkanes of at least 4 members (excludes halogenated alkanes) is 1. The Morgan fingerprint density at radius 2 is 1.61 bits per heavy atom. The molecule has 38 heavy (non-hydrogen) atoms. The van der Waals surface area contributed by atoms with E-state index in [4.69, 9.17) is 9.47 Å². The summed E-state index contributed by atoms with van der Waals surface area (Å²) in [5, 5.41) is 2.84. The lowest BCUT2D eigenvalue weighted by atomic mass is 9.97. The molecule has 0 aliphatic carbocycles. The fourth-order valence-electron chi connectivity index (χ4n) is 4.34. The van der Waals surface area contributed by atoms with E-state index < -0.39 is 0 Å². The normalized spacial score (nSPS) is 10.7. The number of aryl methyl sites for hydroxylation is 1. The maximum Gasteiger partial charge on any atom is 0.216 e. The summed E-state index contributed by atoms with van der Waals surface area (Å²) in [6.07, 6.45) is 2.61. The van der Waals surface area contributed by atoms with Gasteiger partial charge in [0.25, 0.3) is 0 Å². The summed E-state index contributed by atoms with van der Waals surface area (Å²) >= 11 is 0. The van der Waals surface area contributed by atoms with Crippen LogP contribution in [-0.2, 0) is 24.4 Å². The predicted molar refractivity (Wildman–Crippen MR) is 150 cm³/mol. The highest BCUT2D eigenvalue weighted by Gasteiger charge is 2.10. The largest absolute Gasteiger partial charge is 0.489 e. The fourth-order valence-corrected chi connectivity index (χ4v) is 4.34. The first kappa shape index (κ1) is 26.9. The van der Waals surface area contributed by atoms with E-state index in [2.05, 4.69) is 42.6 Å². The van der Waals surface area contributed by atoms with Crippen molar-refractivity contribution in [3.63, 3.8) is 0 Å². The van der Waals surface area contributed by atoms with Gasteiger partial charge in [-0.3, -0.25) is 4.79 Å². The maximum absolute atomic E-state index is 13.3. The molecule has 0 fully saturated rings. The minimum absolute atomic E-state index is 0.0145. The summed E-state index contributed by atoms with van der Waals surface area (Å²) in [6, 6.07) is 28.9. The zero-order chi connectivity index (χ0) is 26.7. The van der Waals surface area contributed by atoms with Gasteiger partial charge in [-0.2, -0.15) is 0 Å². The average molecular weight is 512 g/mol. The van der Waals surface area contributed by atoms with Crippen molar-refractivity contribution in [1.82, 2.24) is 5.32 Å². The number of carbonyl (C=O) groups is 1. The molecule has 1 N–H and O–H groups in total. The van der Waals surface area contributed by atoms with Crippen LogP contribution in [0.2, 0.25) is 0 Å². The predicted octanol–water partition coefficient (Wildman–Crippen LogP) is 7.42. The lowest BCUT2D eigenvalue weighted by Gasteiger charge is -2.16. The number of hydrogen-bond acceptors (Lipinski definition) is 3. The number of benzene rings is 4. The molecule has 0 aliphatic rings. The molecule has 4 nitrogen and oxygen atoms in total.